The predicted octanol–water partition coefficient (Wildman–Crippen LogP) is 4.39. The summed E-state index contributed by atoms with van der Waals surface area (Å²) in [5.74, 6) is 0.184. The maximum atomic E-state index is 12.5. The number of aliphatic hydroxyl groups excluding tert-OH is 1. The third kappa shape index (κ3) is 5.49. The van der Waals surface area contributed by atoms with Gasteiger partial charge in [0.1, 0.15) is 0 Å². The van der Waals surface area contributed by atoms with Crippen LogP contribution in [0.2, 0.25) is 0 Å². The van der Waals surface area contributed by atoms with E-state index in [0.29, 0.717) is 12.2 Å². The fraction of sp³-hybridized carbons (Fsp3) is 0.304. The van der Waals surface area contributed by atoms with Crippen LogP contribution in [0.25, 0.3) is 0 Å². The van der Waals surface area contributed by atoms with Crippen molar-refractivity contribution in [3.63, 3.8) is 0 Å². The van der Waals surface area contributed by atoms with Crippen molar-refractivity contribution in [2.24, 2.45) is 0 Å². The third-order valence-corrected chi connectivity index (χ3v) is 5.69. The number of anilines is 1. The van der Waals surface area contributed by atoms with Crippen LogP contribution in [0.3, 0.4) is 0 Å². The molecule has 3 rings (SSSR count). The van der Waals surface area contributed by atoms with E-state index in [1.807, 2.05) is 31.5 Å². The minimum absolute atomic E-state index is 0.0690. The molecule has 152 valence electrons. The van der Waals surface area contributed by atoms with Crippen LogP contribution in [0.15, 0.2) is 47.8 Å². The van der Waals surface area contributed by atoms with Gasteiger partial charge in [0, 0.05) is 18.4 Å². The molecule has 29 heavy (non-hydrogen) atoms. The van der Waals surface area contributed by atoms with Crippen molar-refractivity contribution in [3.05, 3.63) is 76.1 Å². The van der Waals surface area contributed by atoms with Crippen molar-refractivity contribution in [2.75, 3.05) is 11.1 Å². The summed E-state index contributed by atoms with van der Waals surface area (Å²) in [5, 5.41) is 13.2. The average Bonchev–Trinajstić information content (AvgIpc) is 3.06. The number of hydrogen-bond donors (Lipinski definition) is 2. The van der Waals surface area contributed by atoms with E-state index in [1.54, 1.807) is 0 Å². The van der Waals surface area contributed by atoms with E-state index in [0.717, 1.165) is 27.5 Å². The molecule has 0 atom stereocenters. The van der Waals surface area contributed by atoms with Crippen LogP contribution in [0, 0.1) is 27.7 Å². The summed E-state index contributed by atoms with van der Waals surface area (Å²) in [6, 6.07) is 12.4. The van der Waals surface area contributed by atoms with Crippen molar-refractivity contribution < 1.29 is 9.90 Å². The first-order valence-electron chi connectivity index (χ1n) is 9.58. The van der Waals surface area contributed by atoms with Crippen LogP contribution >= 0.6 is 11.8 Å². The molecule has 0 unspecified atom stereocenters. The minimum atomic E-state index is -0.123. The lowest BCUT2D eigenvalue weighted by atomic mass is 10.1. The molecule has 2 aromatic carbocycles. The number of aryl methyl sites for hydroxylation is 4. The number of carbonyl (C=O) groups is 1. The van der Waals surface area contributed by atoms with Gasteiger partial charge in [-0.1, -0.05) is 59.3 Å². The van der Waals surface area contributed by atoms with E-state index in [4.69, 9.17) is 0 Å². The van der Waals surface area contributed by atoms with Gasteiger partial charge in [-0.2, -0.15) is 0 Å². The number of thioether (sulfide) groups is 1. The molecular formula is C23H27N3O2S. The Morgan fingerprint density at radius 2 is 1.72 bits per heavy atom. The first kappa shape index (κ1) is 21.1. The van der Waals surface area contributed by atoms with Gasteiger partial charge in [-0.25, -0.2) is 4.98 Å². The zero-order valence-electron chi connectivity index (χ0n) is 17.3. The fourth-order valence-corrected chi connectivity index (χ4v) is 4.13. The summed E-state index contributed by atoms with van der Waals surface area (Å²) in [6.45, 7) is 8.64. The lowest BCUT2D eigenvalue weighted by molar-refractivity contribution is -0.113. The average molecular weight is 410 g/mol. The Balaban J connectivity index is 1.69. The number of rotatable bonds is 7. The highest BCUT2D eigenvalue weighted by Gasteiger charge is 2.13. The molecule has 0 saturated heterocycles. The lowest BCUT2D eigenvalue weighted by Crippen LogP contribution is -2.16. The van der Waals surface area contributed by atoms with Crippen molar-refractivity contribution in [1.29, 1.82) is 0 Å². The number of amides is 1. The number of benzene rings is 2. The van der Waals surface area contributed by atoms with Gasteiger partial charge >= 0.3 is 0 Å². The van der Waals surface area contributed by atoms with Gasteiger partial charge in [0.25, 0.3) is 0 Å². The van der Waals surface area contributed by atoms with Gasteiger partial charge in [-0.15, -0.1) is 0 Å². The Kier molecular flexibility index (Phi) is 6.77. The molecule has 1 aromatic heterocycles. The molecule has 0 bridgehead atoms. The van der Waals surface area contributed by atoms with Crippen molar-refractivity contribution in [2.45, 2.75) is 46.0 Å². The molecule has 2 N–H and O–H groups in total. The number of aromatic nitrogens is 2. The molecule has 0 spiro atoms. The second-order valence-corrected chi connectivity index (χ2v) is 8.34. The molecular weight excluding hydrogens is 382 g/mol. The summed E-state index contributed by atoms with van der Waals surface area (Å²) >= 11 is 1.38. The van der Waals surface area contributed by atoms with Gasteiger partial charge in [0.05, 0.1) is 18.1 Å². The molecule has 0 saturated carbocycles. The quantitative estimate of drug-likeness (QED) is 0.568. The van der Waals surface area contributed by atoms with Crippen LogP contribution in [-0.2, 0) is 17.9 Å². The molecule has 1 amide bonds. The number of aliphatic hydroxyl groups is 1. The van der Waals surface area contributed by atoms with E-state index in [-0.39, 0.29) is 18.3 Å². The maximum Gasteiger partial charge on any atom is 0.234 e. The minimum Gasteiger partial charge on any atom is -0.390 e. The van der Waals surface area contributed by atoms with Crippen LogP contribution < -0.4 is 5.32 Å². The fourth-order valence-electron chi connectivity index (χ4n) is 3.33. The van der Waals surface area contributed by atoms with Gasteiger partial charge in [-0.3, -0.25) is 4.79 Å². The largest absolute Gasteiger partial charge is 0.390 e. The lowest BCUT2D eigenvalue weighted by Gasteiger charge is -2.13. The highest BCUT2D eigenvalue weighted by Crippen LogP contribution is 2.24. The molecule has 0 fully saturated rings. The standard InChI is InChI=1S/C23H27N3O2S/c1-15-5-7-19(8-6-15)11-26-12-20(13-27)24-23(26)29-14-21(28)25-22-17(3)9-16(2)10-18(22)4/h5-10,12,27H,11,13-14H2,1-4H3,(H,25,28). The zero-order valence-corrected chi connectivity index (χ0v) is 18.1. The highest BCUT2D eigenvalue weighted by atomic mass is 32.2. The topological polar surface area (TPSA) is 67.1 Å². The van der Waals surface area contributed by atoms with Crippen molar-refractivity contribution in [1.82, 2.24) is 9.55 Å². The molecule has 0 aliphatic rings. The smallest absolute Gasteiger partial charge is 0.234 e. The van der Waals surface area contributed by atoms with Gasteiger partial charge in [0.2, 0.25) is 5.91 Å². The van der Waals surface area contributed by atoms with E-state index in [1.165, 1.54) is 22.9 Å². The summed E-state index contributed by atoms with van der Waals surface area (Å²) in [6.07, 6.45) is 1.84. The Morgan fingerprint density at radius 1 is 1.07 bits per heavy atom. The molecule has 0 aliphatic heterocycles. The molecule has 0 radical (unpaired) electrons. The molecule has 6 heteroatoms. The summed E-state index contributed by atoms with van der Waals surface area (Å²) < 4.78 is 1.98. The third-order valence-electron chi connectivity index (χ3n) is 4.70. The zero-order chi connectivity index (χ0) is 21.0. The van der Waals surface area contributed by atoms with E-state index in [2.05, 4.69) is 53.6 Å². The SMILES string of the molecule is Cc1ccc(Cn2cc(CO)nc2SCC(=O)Nc2c(C)cc(C)cc2C)cc1. The molecule has 3 aromatic rings. The molecule has 5 nitrogen and oxygen atoms in total. The van der Waals surface area contributed by atoms with Crippen molar-refractivity contribution in [3.8, 4) is 0 Å². The number of carbonyl (C=O) groups excluding carboxylic acids is 1. The van der Waals surface area contributed by atoms with Crippen LogP contribution in [0.5, 0.6) is 0 Å². The van der Waals surface area contributed by atoms with Crippen LogP contribution in [0.4, 0.5) is 5.69 Å². The Labute approximate surface area is 176 Å². The maximum absolute atomic E-state index is 12.5. The number of imidazole rings is 1. The summed E-state index contributed by atoms with van der Waals surface area (Å²) in [7, 11) is 0. The molecule has 0 aliphatic carbocycles. The number of nitrogens with one attached hydrogen (secondary N) is 1. The van der Waals surface area contributed by atoms with Gasteiger partial charge in [0.15, 0.2) is 5.16 Å². The summed E-state index contributed by atoms with van der Waals surface area (Å²) in [5.41, 5.74) is 7.14. The van der Waals surface area contributed by atoms with E-state index in [9.17, 15) is 9.90 Å². The second kappa shape index (κ2) is 9.29. The first-order chi connectivity index (χ1) is 13.9. The Bertz CT molecular complexity index is 986. The monoisotopic (exact) mass is 409 g/mol. The van der Waals surface area contributed by atoms with Crippen LogP contribution in [-0.4, -0.2) is 26.3 Å². The number of hydrogen-bond acceptors (Lipinski definition) is 4. The normalized spacial score (nSPS) is 10.9. The number of nitrogens with zero attached hydrogens (tertiary/aromatic N) is 2. The van der Waals surface area contributed by atoms with Gasteiger partial charge in [-0.05, 0) is 44.4 Å². The summed E-state index contributed by atoms with van der Waals surface area (Å²) in [4.78, 5) is 17.0. The van der Waals surface area contributed by atoms with E-state index < -0.39 is 0 Å². The second-order valence-electron chi connectivity index (χ2n) is 7.40. The molecule has 1 heterocycles. The van der Waals surface area contributed by atoms with E-state index >= 15 is 0 Å². The van der Waals surface area contributed by atoms with Crippen LogP contribution in [0.1, 0.15) is 33.5 Å². The van der Waals surface area contributed by atoms with Crippen molar-refractivity contribution >= 4 is 23.4 Å². The Hall–Kier alpha value is -2.57. The first-order valence-corrected chi connectivity index (χ1v) is 10.6. The predicted molar refractivity (Wildman–Crippen MR) is 118 cm³/mol. The Morgan fingerprint density at radius 3 is 2.34 bits per heavy atom. The van der Waals surface area contributed by atoms with Gasteiger partial charge < -0.3 is 15.0 Å². The highest BCUT2D eigenvalue weighted by molar-refractivity contribution is 7.99.